The lowest BCUT2D eigenvalue weighted by Gasteiger charge is -2.18. The Balaban J connectivity index is 1.36. The highest BCUT2D eigenvalue weighted by Gasteiger charge is 2.14. The average molecular weight is 410 g/mol. The molecule has 2 N–H and O–H groups in total. The van der Waals surface area contributed by atoms with E-state index in [1.165, 1.54) is 0 Å². The van der Waals surface area contributed by atoms with Gasteiger partial charge in [-0.2, -0.15) is 10.2 Å². The van der Waals surface area contributed by atoms with E-state index in [0.717, 1.165) is 11.1 Å². The Hall–Kier alpha value is -3.75. The standard InChI is InChI=1S/C21H22N4O5/c1-13(15-3-5-17-19(11-15)29-9-7-27-17)22-24-21(26)25-23-14(2)16-4-6-18-20(12-16)30-10-8-28-18/h3-6,11-12H,7-10H2,1-2H3,(H2,24,25,26)/b22-13+,23-14+. The van der Waals surface area contributed by atoms with Crippen molar-refractivity contribution < 1.29 is 23.7 Å². The van der Waals surface area contributed by atoms with Gasteiger partial charge in [0.2, 0.25) is 0 Å². The maximum absolute atomic E-state index is 12.1. The van der Waals surface area contributed by atoms with Gasteiger partial charge in [0, 0.05) is 11.1 Å². The molecule has 0 atom stereocenters. The van der Waals surface area contributed by atoms with Gasteiger partial charge in [0.15, 0.2) is 23.0 Å². The Morgan fingerprint density at radius 3 is 1.53 bits per heavy atom. The first-order valence-corrected chi connectivity index (χ1v) is 9.55. The van der Waals surface area contributed by atoms with Crippen molar-refractivity contribution in [3.05, 3.63) is 47.5 Å². The molecule has 2 aromatic carbocycles. The van der Waals surface area contributed by atoms with Crippen LogP contribution in [0.25, 0.3) is 0 Å². The highest BCUT2D eigenvalue weighted by atomic mass is 16.6. The number of nitrogens with one attached hydrogen (secondary N) is 2. The summed E-state index contributed by atoms with van der Waals surface area (Å²) < 4.78 is 22.1. The molecule has 0 unspecified atom stereocenters. The third kappa shape index (κ3) is 4.45. The van der Waals surface area contributed by atoms with Gasteiger partial charge >= 0.3 is 6.03 Å². The molecule has 2 aliphatic rings. The molecule has 9 nitrogen and oxygen atoms in total. The van der Waals surface area contributed by atoms with Crippen molar-refractivity contribution in [2.45, 2.75) is 13.8 Å². The van der Waals surface area contributed by atoms with Crippen LogP contribution in [0.2, 0.25) is 0 Å². The predicted molar refractivity (Wildman–Crippen MR) is 111 cm³/mol. The van der Waals surface area contributed by atoms with E-state index in [2.05, 4.69) is 21.1 Å². The summed E-state index contributed by atoms with van der Waals surface area (Å²) in [6, 6.07) is 10.5. The summed E-state index contributed by atoms with van der Waals surface area (Å²) in [4.78, 5) is 12.1. The van der Waals surface area contributed by atoms with E-state index < -0.39 is 6.03 Å². The summed E-state index contributed by atoms with van der Waals surface area (Å²) >= 11 is 0. The van der Waals surface area contributed by atoms with Crippen LogP contribution in [0.3, 0.4) is 0 Å². The predicted octanol–water partition coefficient (Wildman–Crippen LogP) is 2.68. The summed E-state index contributed by atoms with van der Waals surface area (Å²) in [5.74, 6) is 2.73. The van der Waals surface area contributed by atoms with Gasteiger partial charge in [0.1, 0.15) is 26.4 Å². The van der Waals surface area contributed by atoms with Gasteiger partial charge in [-0.15, -0.1) is 0 Å². The summed E-state index contributed by atoms with van der Waals surface area (Å²) in [6.45, 7) is 5.66. The Bertz CT molecular complexity index is 939. The smallest absolute Gasteiger partial charge is 0.355 e. The zero-order valence-electron chi connectivity index (χ0n) is 16.7. The molecule has 0 bridgehead atoms. The van der Waals surface area contributed by atoms with E-state index in [-0.39, 0.29) is 0 Å². The Morgan fingerprint density at radius 1 is 0.700 bits per heavy atom. The second kappa shape index (κ2) is 8.73. The number of ether oxygens (including phenoxy) is 4. The molecule has 2 amide bonds. The molecule has 0 fully saturated rings. The SMILES string of the molecule is C/C(=N\NC(=O)N/N=C(\C)c1ccc2c(c1)OCCO2)c1ccc2c(c1)OCCO2. The van der Waals surface area contributed by atoms with Crippen LogP contribution in [0.4, 0.5) is 4.79 Å². The van der Waals surface area contributed by atoms with Crippen LogP contribution in [-0.4, -0.2) is 43.9 Å². The van der Waals surface area contributed by atoms with Gasteiger partial charge in [0.25, 0.3) is 0 Å². The number of amides is 2. The summed E-state index contributed by atoms with van der Waals surface area (Å²) in [5, 5.41) is 8.21. The summed E-state index contributed by atoms with van der Waals surface area (Å²) in [7, 11) is 0. The van der Waals surface area contributed by atoms with E-state index in [4.69, 9.17) is 18.9 Å². The van der Waals surface area contributed by atoms with Gasteiger partial charge in [-0.05, 0) is 50.2 Å². The van der Waals surface area contributed by atoms with Crippen molar-refractivity contribution in [3.63, 3.8) is 0 Å². The Morgan fingerprint density at radius 2 is 1.10 bits per heavy atom. The molecule has 4 rings (SSSR count). The highest BCUT2D eigenvalue weighted by Crippen LogP contribution is 2.31. The van der Waals surface area contributed by atoms with Crippen LogP contribution in [0.5, 0.6) is 23.0 Å². The first-order chi connectivity index (χ1) is 14.6. The molecular weight excluding hydrogens is 388 g/mol. The largest absolute Gasteiger partial charge is 0.486 e. The van der Waals surface area contributed by atoms with E-state index >= 15 is 0 Å². The number of hydrogen-bond acceptors (Lipinski definition) is 7. The Kier molecular flexibility index (Phi) is 5.69. The molecule has 0 aliphatic carbocycles. The van der Waals surface area contributed by atoms with Gasteiger partial charge in [0.05, 0.1) is 11.4 Å². The van der Waals surface area contributed by atoms with Crippen molar-refractivity contribution in [3.8, 4) is 23.0 Å². The maximum Gasteiger partial charge on any atom is 0.355 e. The first-order valence-electron chi connectivity index (χ1n) is 9.55. The molecule has 0 spiro atoms. The number of carbonyl (C=O) groups excluding carboxylic acids is 1. The van der Waals surface area contributed by atoms with Crippen molar-refractivity contribution in [1.82, 2.24) is 10.9 Å². The van der Waals surface area contributed by atoms with Gasteiger partial charge in [-0.3, -0.25) is 0 Å². The lowest BCUT2D eigenvalue weighted by atomic mass is 10.1. The van der Waals surface area contributed by atoms with Crippen molar-refractivity contribution in [1.29, 1.82) is 0 Å². The molecule has 2 heterocycles. The second-order valence-electron chi connectivity index (χ2n) is 6.66. The minimum atomic E-state index is -0.552. The van der Waals surface area contributed by atoms with Crippen LogP contribution < -0.4 is 29.8 Å². The number of hydrazone groups is 2. The maximum atomic E-state index is 12.1. The van der Waals surface area contributed by atoms with Crippen LogP contribution in [0, 0.1) is 0 Å². The van der Waals surface area contributed by atoms with Crippen LogP contribution in [-0.2, 0) is 0 Å². The highest BCUT2D eigenvalue weighted by molar-refractivity contribution is 6.00. The van der Waals surface area contributed by atoms with Crippen molar-refractivity contribution in [2.75, 3.05) is 26.4 Å². The summed E-state index contributed by atoms with van der Waals surface area (Å²) in [6.07, 6.45) is 0. The molecular formula is C21H22N4O5. The molecule has 0 aromatic heterocycles. The number of urea groups is 1. The topological polar surface area (TPSA) is 103 Å². The van der Waals surface area contributed by atoms with Gasteiger partial charge < -0.3 is 18.9 Å². The summed E-state index contributed by atoms with van der Waals surface area (Å²) in [5.41, 5.74) is 7.73. The van der Waals surface area contributed by atoms with E-state index in [1.807, 2.05) is 36.4 Å². The number of hydrogen-bond donors (Lipinski definition) is 2. The zero-order chi connectivity index (χ0) is 20.9. The minimum Gasteiger partial charge on any atom is -0.486 e. The normalized spacial score (nSPS) is 15.4. The molecule has 0 saturated heterocycles. The zero-order valence-corrected chi connectivity index (χ0v) is 16.7. The van der Waals surface area contributed by atoms with Crippen molar-refractivity contribution >= 4 is 17.5 Å². The molecule has 9 heteroatoms. The fourth-order valence-corrected chi connectivity index (χ4v) is 2.96. The lowest BCUT2D eigenvalue weighted by molar-refractivity contribution is 0.171. The molecule has 2 aromatic rings. The third-order valence-electron chi connectivity index (χ3n) is 4.57. The second-order valence-corrected chi connectivity index (χ2v) is 6.66. The van der Waals surface area contributed by atoms with Gasteiger partial charge in [-0.25, -0.2) is 15.6 Å². The van der Waals surface area contributed by atoms with E-state index in [0.29, 0.717) is 60.8 Å². The Labute approximate surface area is 173 Å². The monoisotopic (exact) mass is 410 g/mol. The number of carbonyl (C=O) groups is 1. The number of rotatable bonds is 4. The van der Waals surface area contributed by atoms with Crippen LogP contribution in [0.15, 0.2) is 46.6 Å². The van der Waals surface area contributed by atoms with Crippen LogP contribution >= 0.6 is 0 Å². The quantitative estimate of drug-likeness (QED) is 0.596. The molecule has 0 radical (unpaired) electrons. The van der Waals surface area contributed by atoms with Crippen molar-refractivity contribution in [2.24, 2.45) is 10.2 Å². The first kappa shape index (κ1) is 19.6. The number of benzene rings is 2. The fourth-order valence-electron chi connectivity index (χ4n) is 2.96. The van der Waals surface area contributed by atoms with Gasteiger partial charge in [-0.1, -0.05) is 0 Å². The molecule has 2 aliphatic heterocycles. The molecule has 30 heavy (non-hydrogen) atoms. The van der Waals surface area contributed by atoms with E-state index in [9.17, 15) is 4.79 Å². The number of nitrogens with zero attached hydrogens (tertiary/aromatic N) is 2. The van der Waals surface area contributed by atoms with Crippen LogP contribution in [0.1, 0.15) is 25.0 Å². The molecule has 0 saturated carbocycles. The van der Waals surface area contributed by atoms with E-state index in [1.54, 1.807) is 13.8 Å². The lowest BCUT2D eigenvalue weighted by Crippen LogP contribution is -2.30. The fraction of sp³-hybridized carbons (Fsp3) is 0.286. The third-order valence-corrected chi connectivity index (χ3v) is 4.57. The molecule has 156 valence electrons. The minimum absolute atomic E-state index is 0.508. The average Bonchev–Trinajstić information content (AvgIpc) is 2.80. The number of fused-ring (bicyclic) bond motifs is 2.